The van der Waals surface area contributed by atoms with Crippen molar-refractivity contribution in [3.8, 4) is 11.5 Å². The summed E-state index contributed by atoms with van der Waals surface area (Å²) in [7, 11) is 1.83. The summed E-state index contributed by atoms with van der Waals surface area (Å²) in [5.41, 5.74) is 4.75. The zero-order valence-corrected chi connectivity index (χ0v) is 14.4. The standard InChI is InChI=1S/C18H19N5O2/c1-10-15(9-19-23(10)3)17(24)21-16-7-5-12-8-13(4-6-14(12)16)18-20-11(2)22-25-18/h4,6,8-9,16H,5,7H2,1-3H3,(H,21,24). The Balaban J connectivity index is 1.56. The normalized spacial score (nSPS) is 16.0. The van der Waals surface area contributed by atoms with Crippen LogP contribution in [0.25, 0.3) is 11.5 Å². The summed E-state index contributed by atoms with van der Waals surface area (Å²) in [6, 6.07) is 6.09. The fourth-order valence-electron chi connectivity index (χ4n) is 3.27. The Morgan fingerprint density at radius 2 is 2.20 bits per heavy atom. The van der Waals surface area contributed by atoms with E-state index in [1.807, 2.05) is 26.1 Å². The van der Waals surface area contributed by atoms with Crippen LogP contribution in [0.15, 0.2) is 28.9 Å². The monoisotopic (exact) mass is 337 g/mol. The Morgan fingerprint density at radius 3 is 2.88 bits per heavy atom. The number of fused-ring (bicyclic) bond motifs is 1. The molecule has 0 saturated heterocycles. The van der Waals surface area contributed by atoms with Crippen molar-refractivity contribution in [3.63, 3.8) is 0 Å². The van der Waals surface area contributed by atoms with Gasteiger partial charge in [0.2, 0.25) is 0 Å². The zero-order chi connectivity index (χ0) is 17.6. The first-order chi connectivity index (χ1) is 12.0. The summed E-state index contributed by atoms with van der Waals surface area (Å²) in [4.78, 5) is 16.8. The molecule has 1 aliphatic rings. The van der Waals surface area contributed by atoms with Gasteiger partial charge in [0.25, 0.3) is 11.8 Å². The van der Waals surface area contributed by atoms with Crippen LogP contribution in [0, 0.1) is 13.8 Å². The van der Waals surface area contributed by atoms with Crippen LogP contribution in [0.2, 0.25) is 0 Å². The van der Waals surface area contributed by atoms with Crippen molar-refractivity contribution < 1.29 is 9.32 Å². The molecule has 128 valence electrons. The van der Waals surface area contributed by atoms with Crippen LogP contribution in [0.3, 0.4) is 0 Å². The lowest BCUT2D eigenvalue weighted by molar-refractivity contribution is 0.0936. The zero-order valence-electron chi connectivity index (χ0n) is 14.4. The van der Waals surface area contributed by atoms with Crippen molar-refractivity contribution in [1.82, 2.24) is 25.2 Å². The van der Waals surface area contributed by atoms with Gasteiger partial charge in [-0.2, -0.15) is 10.1 Å². The number of aromatic nitrogens is 4. The first-order valence-electron chi connectivity index (χ1n) is 8.26. The molecule has 2 heterocycles. The second-order valence-corrected chi connectivity index (χ2v) is 6.39. The Kier molecular flexibility index (Phi) is 3.63. The second kappa shape index (κ2) is 5.84. The molecule has 2 aromatic heterocycles. The molecule has 0 fully saturated rings. The van der Waals surface area contributed by atoms with Gasteiger partial charge in [0, 0.05) is 18.3 Å². The maximum atomic E-state index is 12.5. The Bertz CT molecular complexity index is 956. The lowest BCUT2D eigenvalue weighted by Crippen LogP contribution is -2.27. The van der Waals surface area contributed by atoms with Crippen molar-refractivity contribution in [3.05, 3.63) is 52.6 Å². The molecule has 0 radical (unpaired) electrons. The molecular formula is C18H19N5O2. The number of aryl methyl sites for hydroxylation is 3. The number of nitrogens with one attached hydrogen (secondary N) is 1. The summed E-state index contributed by atoms with van der Waals surface area (Å²) >= 11 is 0. The average molecular weight is 337 g/mol. The Morgan fingerprint density at radius 1 is 1.36 bits per heavy atom. The van der Waals surface area contributed by atoms with E-state index >= 15 is 0 Å². The SMILES string of the molecule is Cc1noc(-c2ccc3c(c2)CCC3NC(=O)c2cnn(C)c2C)n1. The molecule has 3 aromatic rings. The minimum Gasteiger partial charge on any atom is -0.345 e. The van der Waals surface area contributed by atoms with Gasteiger partial charge in [-0.15, -0.1) is 0 Å². The topological polar surface area (TPSA) is 85.8 Å². The molecule has 7 nitrogen and oxygen atoms in total. The Hall–Kier alpha value is -2.96. The van der Waals surface area contributed by atoms with Crippen molar-refractivity contribution in [1.29, 1.82) is 0 Å². The van der Waals surface area contributed by atoms with E-state index in [0.29, 0.717) is 17.3 Å². The van der Waals surface area contributed by atoms with Crippen LogP contribution in [0.4, 0.5) is 0 Å². The van der Waals surface area contributed by atoms with Gasteiger partial charge < -0.3 is 9.84 Å². The summed E-state index contributed by atoms with van der Waals surface area (Å²) in [6.07, 6.45) is 3.40. The highest BCUT2D eigenvalue weighted by Crippen LogP contribution is 2.34. The lowest BCUT2D eigenvalue weighted by Gasteiger charge is -2.14. The average Bonchev–Trinajstić information content (AvgIpc) is 3.28. The largest absolute Gasteiger partial charge is 0.345 e. The molecule has 0 aliphatic heterocycles. The van der Waals surface area contributed by atoms with Crippen molar-refractivity contribution >= 4 is 5.91 Å². The molecule has 7 heteroatoms. The molecule has 4 rings (SSSR count). The van der Waals surface area contributed by atoms with Gasteiger partial charge in [-0.25, -0.2) is 0 Å². The molecule has 1 atom stereocenters. The van der Waals surface area contributed by atoms with Crippen LogP contribution >= 0.6 is 0 Å². The summed E-state index contributed by atoms with van der Waals surface area (Å²) in [6.45, 7) is 3.69. The molecule has 0 spiro atoms. The number of rotatable bonds is 3. The second-order valence-electron chi connectivity index (χ2n) is 6.39. The van der Waals surface area contributed by atoms with E-state index in [0.717, 1.165) is 29.7 Å². The molecule has 0 bridgehead atoms. The third kappa shape index (κ3) is 2.71. The number of carbonyl (C=O) groups excluding carboxylic acids is 1. The molecule has 1 N–H and O–H groups in total. The molecular weight excluding hydrogens is 318 g/mol. The fourth-order valence-corrected chi connectivity index (χ4v) is 3.27. The van der Waals surface area contributed by atoms with Gasteiger partial charge in [-0.1, -0.05) is 11.2 Å². The number of amides is 1. The Labute approximate surface area is 145 Å². The highest BCUT2D eigenvalue weighted by atomic mass is 16.5. The number of hydrogen-bond acceptors (Lipinski definition) is 5. The van der Waals surface area contributed by atoms with Gasteiger partial charge in [-0.05, 0) is 49.9 Å². The molecule has 0 saturated carbocycles. The van der Waals surface area contributed by atoms with E-state index in [2.05, 4.69) is 26.6 Å². The third-order valence-corrected chi connectivity index (χ3v) is 4.78. The lowest BCUT2D eigenvalue weighted by atomic mass is 10.0. The molecule has 1 aromatic carbocycles. The van der Waals surface area contributed by atoms with Crippen LogP contribution in [0.1, 0.15) is 45.5 Å². The van der Waals surface area contributed by atoms with E-state index in [4.69, 9.17) is 4.52 Å². The quantitative estimate of drug-likeness (QED) is 0.793. The van der Waals surface area contributed by atoms with Crippen molar-refractivity contribution in [2.75, 3.05) is 0 Å². The van der Waals surface area contributed by atoms with E-state index < -0.39 is 0 Å². The van der Waals surface area contributed by atoms with E-state index in [1.54, 1.807) is 17.8 Å². The first-order valence-corrected chi connectivity index (χ1v) is 8.26. The molecule has 1 aliphatic carbocycles. The van der Waals surface area contributed by atoms with Crippen molar-refractivity contribution in [2.45, 2.75) is 32.7 Å². The number of hydrogen-bond donors (Lipinski definition) is 1. The maximum Gasteiger partial charge on any atom is 0.257 e. The van der Waals surface area contributed by atoms with Gasteiger partial charge in [0.05, 0.1) is 17.8 Å². The number of benzene rings is 1. The van der Waals surface area contributed by atoms with Crippen LogP contribution in [0.5, 0.6) is 0 Å². The number of nitrogens with zero attached hydrogens (tertiary/aromatic N) is 4. The van der Waals surface area contributed by atoms with Gasteiger partial charge >= 0.3 is 0 Å². The minimum absolute atomic E-state index is 0.0144. The van der Waals surface area contributed by atoms with Crippen LogP contribution in [-0.4, -0.2) is 25.8 Å². The number of carbonyl (C=O) groups is 1. The summed E-state index contributed by atoms with van der Waals surface area (Å²) in [5.74, 6) is 1.06. The smallest absolute Gasteiger partial charge is 0.257 e. The van der Waals surface area contributed by atoms with E-state index in [9.17, 15) is 4.79 Å². The first kappa shape index (κ1) is 15.6. The van der Waals surface area contributed by atoms with Crippen LogP contribution in [-0.2, 0) is 13.5 Å². The molecule has 1 amide bonds. The summed E-state index contributed by atoms with van der Waals surface area (Å²) in [5, 5.41) is 11.1. The van der Waals surface area contributed by atoms with Crippen molar-refractivity contribution in [2.24, 2.45) is 7.05 Å². The predicted molar refractivity (Wildman–Crippen MR) is 90.9 cm³/mol. The molecule has 1 unspecified atom stereocenters. The molecule has 25 heavy (non-hydrogen) atoms. The van der Waals surface area contributed by atoms with E-state index in [1.165, 1.54) is 5.56 Å². The highest BCUT2D eigenvalue weighted by molar-refractivity contribution is 5.95. The van der Waals surface area contributed by atoms with Gasteiger partial charge in [-0.3, -0.25) is 9.48 Å². The van der Waals surface area contributed by atoms with E-state index in [-0.39, 0.29) is 11.9 Å². The minimum atomic E-state index is -0.0833. The highest BCUT2D eigenvalue weighted by Gasteiger charge is 2.26. The third-order valence-electron chi connectivity index (χ3n) is 4.78. The predicted octanol–water partition coefficient (Wildman–Crippen LogP) is 2.50. The maximum absolute atomic E-state index is 12.5. The van der Waals surface area contributed by atoms with Crippen LogP contribution < -0.4 is 5.32 Å². The van der Waals surface area contributed by atoms with Gasteiger partial charge in [0.1, 0.15) is 0 Å². The fraction of sp³-hybridized carbons (Fsp3) is 0.333. The summed E-state index contributed by atoms with van der Waals surface area (Å²) < 4.78 is 6.94. The van der Waals surface area contributed by atoms with Gasteiger partial charge in [0.15, 0.2) is 5.82 Å².